The number of ether oxygens (including phenoxy) is 2. The minimum atomic E-state index is -2.38. The Morgan fingerprint density at radius 2 is 1.78 bits per heavy atom. The first-order chi connectivity index (χ1) is 8.39. The van der Waals surface area contributed by atoms with Crippen LogP contribution in [-0.2, 0) is 28.7 Å². The number of aliphatic hydroxyl groups is 1. The van der Waals surface area contributed by atoms with Crippen molar-refractivity contribution in [2.45, 2.75) is 31.8 Å². The molecule has 0 aliphatic carbocycles. The summed E-state index contributed by atoms with van der Waals surface area (Å²) in [6.07, 6.45) is -0.901. The van der Waals surface area contributed by atoms with Crippen LogP contribution in [0.2, 0.25) is 0 Å². The highest BCUT2D eigenvalue weighted by molar-refractivity contribution is 5.89. The summed E-state index contributed by atoms with van der Waals surface area (Å²) in [4.78, 5) is 37.5. The molecule has 8 nitrogen and oxygen atoms in total. The van der Waals surface area contributed by atoms with Crippen LogP contribution in [0, 0.1) is 0 Å². The number of carbonyl (C=O) groups is 3. The number of carbonyl (C=O) groups excluding carboxylic acids is 3. The van der Waals surface area contributed by atoms with Gasteiger partial charge in [-0.05, 0) is 6.42 Å². The summed E-state index contributed by atoms with van der Waals surface area (Å²) in [6.45, 7) is 1.92. The lowest BCUT2D eigenvalue weighted by atomic mass is 9.96. The van der Waals surface area contributed by atoms with Crippen molar-refractivity contribution in [1.29, 1.82) is 0 Å². The third kappa shape index (κ3) is 5.11. The fourth-order valence-corrected chi connectivity index (χ4v) is 1.13. The molecule has 0 saturated carbocycles. The Kier molecular flexibility index (Phi) is 6.91. The molecule has 8 heteroatoms. The van der Waals surface area contributed by atoms with Crippen LogP contribution in [0.3, 0.4) is 0 Å². The highest BCUT2D eigenvalue weighted by Gasteiger charge is 2.43. The van der Waals surface area contributed by atoms with E-state index in [-0.39, 0.29) is 6.61 Å². The largest absolute Gasteiger partial charge is 0.469 e. The van der Waals surface area contributed by atoms with E-state index in [4.69, 9.17) is 4.74 Å². The molecule has 0 aromatic rings. The van der Waals surface area contributed by atoms with E-state index in [2.05, 4.69) is 15.5 Å². The van der Waals surface area contributed by atoms with Gasteiger partial charge in [0.15, 0.2) is 5.60 Å². The van der Waals surface area contributed by atoms with Crippen LogP contribution in [0.15, 0.2) is 0 Å². The Bertz CT molecular complexity index is 317. The maximum absolute atomic E-state index is 11.3. The van der Waals surface area contributed by atoms with E-state index < -0.39 is 36.4 Å². The van der Waals surface area contributed by atoms with Crippen molar-refractivity contribution in [3.63, 3.8) is 0 Å². The Morgan fingerprint density at radius 3 is 2.22 bits per heavy atom. The first-order valence-electron chi connectivity index (χ1n) is 5.25. The summed E-state index contributed by atoms with van der Waals surface area (Å²) in [5.74, 6) is 1.61. The summed E-state index contributed by atoms with van der Waals surface area (Å²) >= 11 is 0. The van der Waals surface area contributed by atoms with Gasteiger partial charge in [0.05, 0.1) is 26.6 Å². The van der Waals surface area contributed by atoms with Crippen LogP contribution < -0.4 is 5.90 Å². The molecule has 0 aromatic heterocycles. The molecule has 1 atom stereocenters. The maximum atomic E-state index is 11.3. The van der Waals surface area contributed by atoms with Crippen LogP contribution in [0.4, 0.5) is 0 Å². The van der Waals surface area contributed by atoms with Gasteiger partial charge in [-0.2, -0.15) is 5.90 Å². The number of hydrogen-bond acceptors (Lipinski definition) is 8. The van der Waals surface area contributed by atoms with E-state index in [1.807, 2.05) is 0 Å². The molecule has 0 aliphatic heterocycles. The maximum Gasteiger partial charge on any atom is 0.357 e. The van der Waals surface area contributed by atoms with Gasteiger partial charge in [0, 0.05) is 0 Å². The van der Waals surface area contributed by atoms with Crippen molar-refractivity contribution in [2.75, 3.05) is 13.7 Å². The lowest BCUT2D eigenvalue weighted by Gasteiger charge is -2.22. The normalized spacial score (nSPS) is 13.3. The fraction of sp³-hybridized carbons (Fsp3) is 0.700. The molecule has 0 bridgehead atoms. The molecule has 0 spiro atoms. The number of hydrogen-bond donors (Lipinski definition) is 2. The van der Waals surface area contributed by atoms with E-state index in [0.29, 0.717) is 6.42 Å². The number of rotatable bonds is 7. The van der Waals surface area contributed by atoms with Crippen LogP contribution in [0.25, 0.3) is 0 Å². The Labute approximate surface area is 104 Å². The molecule has 18 heavy (non-hydrogen) atoms. The van der Waals surface area contributed by atoms with Crippen LogP contribution >= 0.6 is 0 Å². The molecule has 0 aromatic carbocycles. The van der Waals surface area contributed by atoms with Gasteiger partial charge in [-0.3, -0.25) is 9.59 Å². The molecule has 1 unspecified atom stereocenters. The van der Waals surface area contributed by atoms with Crippen LogP contribution in [0.5, 0.6) is 0 Å². The zero-order chi connectivity index (χ0) is 14.2. The van der Waals surface area contributed by atoms with Gasteiger partial charge in [-0.25, -0.2) is 4.79 Å². The molecular weight excluding hydrogens is 246 g/mol. The second kappa shape index (κ2) is 7.62. The van der Waals surface area contributed by atoms with Gasteiger partial charge < -0.3 is 19.4 Å². The second-order valence-corrected chi connectivity index (χ2v) is 3.59. The summed E-state index contributed by atoms with van der Waals surface area (Å²) in [6, 6.07) is 0. The predicted octanol–water partition coefficient (Wildman–Crippen LogP) is -0.959. The number of nitrogens with two attached hydrogens (primary N) is 1. The SMILES string of the molecule is CCCOC(=O)CC(O)(CC(=O)OC)C(=O)ON. The Morgan fingerprint density at radius 1 is 1.22 bits per heavy atom. The van der Waals surface area contributed by atoms with Crippen LogP contribution in [0.1, 0.15) is 26.2 Å². The quantitative estimate of drug-likeness (QED) is 0.444. The standard InChI is InChI=1S/C10H17NO7/c1-3-4-17-8(13)6-10(15,9(14)18-11)5-7(12)16-2/h15H,3-6,11H2,1-2H3. The number of esters is 2. The average Bonchev–Trinajstić information content (AvgIpc) is 2.34. The summed E-state index contributed by atoms with van der Waals surface area (Å²) in [5.41, 5.74) is -2.38. The molecular formula is C10H17NO7. The molecule has 104 valence electrons. The van der Waals surface area contributed by atoms with E-state index in [1.165, 1.54) is 0 Å². The van der Waals surface area contributed by atoms with E-state index in [1.54, 1.807) is 6.92 Å². The first-order valence-corrected chi connectivity index (χ1v) is 5.25. The molecule has 0 rings (SSSR count). The van der Waals surface area contributed by atoms with Crippen LogP contribution in [-0.4, -0.2) is 42.3 Å². The van der Waals surface area contributed by atoms with Gasteiger partial charge >= 0.3 is 17.9 Å². The minimum absolute atomic E-state index is 0.144. The predicted molar refractivity (Wildman–Crippen MR) is 57.7 cm³/mol. The highest BCUT2D eigenvalue weighted by atomic mass is 16.7. The zero-order valence-electron chi connectivity index (χ0n) is 10.3. The van der Waals surface area contributed by atoms with E-state index >= 15 is 0 Å². The molecule has 0 saturated heterocycles. The van der Waals surface area contributed by atoms with Gasteiger partial charge in [-0.15, -0.1) is 0 Å². The van der Waals surface area contributed by atoms with Gasteiger partial charge in [0.2, 0.25) is 0 Å². The smallest absolute Gasteiger partial charge is 0.357 e. The second-order valence-electron chi connectivity index (χ2n) is 3.59. The first kappa shape index (κ1) is 16.3. The topological polar surface area (TPSA) is 125 Å². The van der Waals surface area contributed by atoms with Crippen molar-refractivity contribution in [1.82, 2.24) is 0 Å². The van der Waals surface area contributed by atoms with E-state index in [9.17, 15) is 19.5 Å². The molecule has 0 aliphatic rings. The average molecular weight is 263 g/mol. The molecule has 0 amide bonds. The molecule has 0 heterocycles. The Hall–Kier alpha value is -1.67. The zero-order valence-corrected chi connectivity index (χ0v) is 10.3. The molecule has 0 radical (unpaired) electrons. The minimum Gasteiger partial charge on any atom is -0.469 e. The lowest BCUT2D eigenvalue weighted by molar-refractivity contribution is -0.177. The molecule has 0 fully saturated rings. The van der Waals surface area contributed by atoms with Crippen molar-refractivity contribution in [3.8, 4) is 0 Å². The highest BCUT2D eigenvalue weighted by Crippen LogP contribution is 2.18. The third-order valence-electron chi connectivity index (χ3n) is 2.06. The fourth-order valence-electron chi connectivity index (χ4n) is 1.13. The summed E-state index contributed by atoms with van der Waals surface area (Å²) in [7, 11) is 1.08. The van der Waals surface area contributed by atoms with Gasteiger partial charge in [-0.1, -0.05) is 6.92 Å². The van der Waals surface area contributed by atoms with Crippen molar-refractivity contribution >= 4 is 17.9 Å². The van der Waals surface area contributed by atoms with Gasteiger partial charge in [0.1, 0.15) is 0 Å². The van der Waals surface area contributed by atoms with Crippen molar-refractivity contribution in [2.24, 2.45) is 5.90 Å². The van der Waals surface area contributed by atoms with Crippen molar-refractivity contribution < 1.29 is 33.8 Å². The lowest BCUT2D eigenvalue weighted by Crippen LogP contribution is -2.45. The van der Waals surface area contributed by atoms with E-state index in [0.717, 1.165) is 7.11 Å². The van der Waals surface area contributed by atoms with Gasteiger partial charge in [0.25, 0.3) is 0 Å². The van der Waals surface area contributed by atoms with Crippen molar-refractivity contribution in [3.05, 3.63) is 0 Å². The summed E-state index contributed by atoms with van der Waals surface area (Å²) < 4.78 is 9.00. The summed E-state index contributed by atoms with van der Waals surface area (Å²) in [5, 5.41) is 9.89. The third-order valence-corrected chi connectivity index (χ3v) is 2.06. The monoisotopic (exact) mass is 263 g/mol. The Balaban J connectivity index is 4.71. The number of methoxy groups -OCH3 is 1. The molecule has 3 N–H and O–H groups in total.